The zero-order chi connectivity index (χ0) is 20.2. The maximum Gasteiger partial charge on any atom is 0.240 e. The Hall–Kier alpha value is -2.68. The lowest BCUT2D eigenvalue weighted by Gasteiger charge is -2.39. The Kier molecular flexibility index (Phi) is 5.94. The third-order valence-electron chi connectivity index (χ3n) is 5.19. The summed E-state index contributed by atoms with van der Waals surface area (Å²) in [7, 11) is 0. The molecule has 29 heavy (non-hydrogen) atoms. The van der Waals surface area contributed by atoms with Gasteiger partial charge in [0.2, 0.25) is 5.89 Å². The molecule has 3 aromatic rings. The lowest BCUT2D eigenvalue weighted by molar-refractivity contribution is 0.102. The van der Waals surface area contributed by atoms with Gasteiger partial charge in [-0.05, 0) is 35.4 Å². The first kappa shape index (κ1) is 19.6. The molecule has 0 amide bonds. The summed E-state index contributed by atoms with van der Waals surface area (Å²) in [5.41, 5.74) is 7.48. The first-order valence-electron chi connectivity index (χ1n) is 9.61. The SMILES string of the molecule is NCc1nc(CN2CCN(C(c3ccc(F)cc3)c3ccc(F)cc3)CC2)no1. The van der Waals surface area contributed by atoms with Crippen LogP contribution in [0.3, 0.4) is 0 Å². The van der Waals surface area contributed by atoms with Crippen molar-refractivity contribution in [3.05, 3.63) is 83.0 Å². The Labute approximate surface area is 167 Å². The normalized spacial score (nSPS) is 15.9. The number of hydrogen-bond donors (Lipinski definition) is 1. The number of nitrogens with two attached hydrogens (primary N) is 1. The number of nitrogens with zero attached hydrogens (tertiary/aromatic N) is 4. The van der Waals surface area contributed by atoms with E-state index in [0.717, 1.165) is 37.3 Å². The van der Waals surface area contributed by atoms with E-state index in [-0.39, 0.29) is 24.2 Å². The minimum Gasteiger partial charge on any atom is -0.338 e. The predicted molar refractivity (Wildman–Crippen MR) is 104 cm³/mol. The van der Waals surface area contributed by atoms with E-state index >= 15 is 0 Å². The molecule has 1 aromatic heterocycles. The molecule has 0 atom stereocenters. The van der Waals surface area contributed by atoms with Crippen LogP contribution in [0.4, 0.5) is 8.78 Å². The van der Waals surface area contributed by atoms with Crippen LogP contribution in [0, 0.1) is 11.6 Å². The molecule has 1 aliphatic rings. The molecule has 0 bridgehead atoms. The molecule has 1 fully saturated rings. The zero-order valence-corrected chi connectivity index (χ0v) is 16.0. The summed E-state index contributed by atoms with van der Waals surface area (Å²) >= 11 is 0. The van der Waals surface area contributed by atoms with Gasteiger partial charge in [-0.15, -0.1) is 0 Å². The Morgan fingerprint density at radius 3 is 1.93 bits per heavy atom. The van der Waals surface area contributed by atoms with E-state index in [4.69, 9.17) is 10.3 Å². The maximum absolute atomic E-state index is 13.4. The van der Waals surface area contributed by atoms with Crippen LogP contribution in [0.15, 0.2) is 53.1 Å². The molecule has 152 valence electrons. The summed E-state index contributed by atoms with van der Waals surface area (Å²) in [6.45, 7) is 4.10. The molecule has 2 aromatic carbocycles. The van der Waals surface area contributed by atoms with Gasteiger partial charge in [0, 0.05) is 26.2 Å². The number of halogens is 2. The molecule has 0 radical (unpaired) electrons. The highest BCUT2D eigenvalue weighted by atomic mass is 19.1. The van der Waals surface area contributed by atoms with Crippen molar-refractivity contribution < 1.29 is 13.3 Å². The van der Waals surface area contributed by atoms with Gasteiger partial charge in [-0.3, -0.25) is 9.80 Å². The molecule has 6 nitrogen and oxygen atoms in total. The molecule has 2 N–H and O–H groups in total. The summed E-state index contributed by atoms with van der Waals surface area (Å²) in [6.07, 6.45) is 0. The number of aromatic nitrogens is 2. The van der Waals surface area contributed by atoms with E-state index in [1.165, 1.54) is 24.3 Å². The van der Waals surface area contributed by atoms with Crippen molar-refractivity contribution in [3.8, 4) is 0 Å². The highest BCUT2D eigenvalue weighted by Crippen LogP contribution is 2.30. The number of benzene rings is 2. The fraction of sp³-hybridized carbons (Fsp3) is 0.333. The monoisotopic (exact) mass is 399 g/mol. The molecule has 0 saturated carbocycles. The average molecular weight is 399 g/mol. The summed E-state index contributed by atoms with van der Waals surface area (Å²) in [6, 6.07) is 13.0. The lowest BCUT2D eigenvalue weighted by Crippen LogP contribution is -2.47. The van der Waals surface area contributed by atoms with Crippen LogP contribution in [-0.4, -0.2) is 46.1 Å². The van der Waals surface area contributed by atoms with Crippen LogP contribution < -0.4 is 5.73 Å². The van der Waals surface area contributed by atoms with Crippen molar-refractivity contribution >= 4 is 0 Å². The number of rotatable bonds is 6. The van der Waals surface area contributed by atoms with E-state index < -0.39 is 0 Å². The van der Waals surface area contributed by atoms with Gasteiger partial charge in [0.05, 0.1) is 19.1 Å². The Balaban J connectivity index is 1.48. The summed E-state index contributed by atoms with van der Waals surface area (Å²) in [5.74, 6) is 0.528. The second kappa shape index (κ2) is 8.77. The van der Waals surface area contributed by atoms with Crippen LogP contribution in [0.2, 0.25) is 0 Å². The topological polar surface area (TPSA) is 71.4 Å². The van der Waals surface area contributed by atoms with Crippen LogP contribution in [0.25, 0.3) is 0 Å². The van der Waals surface area contributed by atoms with Crippen LogP contribution in [-0.2, 0) is 13.1 Å². The quantitative estimate of drug-likeness (QED) is 0.687. The zero-order valence-electron chi connectivity index (χ0n) is 16.0. The van der Waals surface area contributed by atoms with Crippen molar-refractivity contribution in [1.29, 1.82) is 0 Å². The molecule has 1 saturated heterocycles. The smallest absolute Gasteiger partial charge is 0.240 e. The van der Waals surface area contributed by atoms with E-state index in [0.29, 0.717) is 18.3 Å². The van der Waals surface area contributed by atoms with Gasteiger partial charge >= 0.3 is 0 Å². The van der Waals surface area contributed by atoms with Gasteiger partial charge in [0.1, 0.15) is 11.6 Å². The molecule has 4 rings (SSSR count). The molecule has 8 heteroatoms. The largest absolute Gasteiger partial charge is 0.338 e. The Morgan fingerprint density at radius 1 is 0.897 bits per heavy atom. The molecule has 2 heterocycles. The van der Waals surface area contributed by atoms with Gasteiger partial charge < -0.3 is 10.3 Å². The number of piperazine rings is 1. The fourth-order valence-corrected chi connectivity index (χ4v) is 3.72. The van der Waals surface area contributed by atoms with E-state index in [1.54, 1.807) is 24.3 Å². The van der Waals surface area contributed by atoms with Gasteiger partial charge in [0.15, 0.2) is 5.82 Å². The Bertz CT molecular complexity index is 876. The third kappa shape index (κ3) is 4.67. The van der Waals surface area contributed by atoms with E-state index in [1.807, 2.05) is 0 Å². The highest BCUT2D eigenvalue weighted by Gasteiger charge is 2.27. The van der Waals surface area contributed by atoms with Crippen LogP contribution in [0.1, 0.15) is 28.9 Å². The molecule has 0 unspecified atom stereocenters. The summed E-state index contributed by atoms with van der Waals surface area (Å²) in [4.78, 5) is 8.85. The molecular formula is C21H23F2N5O. The molecule has 1 aliphatic heterocycles. The van der Waals surface area contributed by atoms with Crippen molar-refractivity contribution in [2.24, 2.45) is 5.73 Å². The third-order valence-corrected chi connectivity index (χ3v) is 5.19. The van der Waals surface area contributed by atoms with Gasteiger partial charge in [-0.1, -0.05) is 29.4 Å². The first-order chi connectivity index (χ1) is 14.1. The van der Waals surface area contributed by atoms with Crippen molar-refractivity contribution in [2.75, 3.05) is 26.2 Å². The summed E-state index contributed by atoms with van der Waals surface area (Å²) < 4.78 is 31.9. The standard InChI is InChI=1S/C21H23F2N5O/c22-17-5-1-15(2-6-17)21(16-3-7-18(23)8-4-16)28-11-9-27(10-12-28)14-19-25-20(13-24)29-26-19/h1-8,21H,9-14,24H2. The van der Waals surface area contributed by atoms with E-state index in [9.17, 15) is 8.78 Å². The van der Waals surface area contributed by atoms with Crippen molar-refractivity contribution in [1.82, 2.24) is 19.9 Å². The second-order valence-electron chi connectivity index (χ2n) is 7.13. The highest BCUT2D eigenvalue weighted by molar-refractivity contribution is 5.32. The minimum absolute atomic E-state index is 0.0626. The van der Waals surface area contributed by atoms with Crippen LogP contribution in [0.5, 0.6) is 0 Å². The van der Waals surface area contributed by atoms with Crippen molar-refractivity contribution in [2.45, 2.75) is 19.1 Å². The second-order valence-corrected chi connectivity index (χ2v) is 7.13. The van der Waals surface area contributed by atoms with E-state index in [2.05, 4.69) is 19.9 Å². The average Bonchev–Trinajstić information content (AvgIpc) is 3.20. The maximum atomic E-state index is 13.4. The van der Waals surface area contributed by atoms with Gasteiger partial charge in [-0.2, -0.15) is 4.98 Å². The van der Waals surface area contributed by atoms with Gasteiger partial charge in [-0.25, -0.2) is 8.78 Å². The number of hydrogen-bond acceptors (Lipinski definition) is 6. The fourth-order valence-electron chi connectivity index (χ4n) is 3.72. The van der Waals surface area contributed by atoms with Gasteiger partial charge in [0.25, 0.3) is 0 Å². The predicted octanol–water partition coefficient (Wildman–Crippen LogP) is 2.71. The molecule has 0 aliphatic carbocycles. The van der Waals surface area contributed by atoms with Crippen molar-refractivity contribution in [3.63, 3.8) is 0 Å². The molecular weight excluding hydrogens is 376 g/mol. The summed E-state index contributed by atoms with van der Waals surface area (Å²) in [5, 5.41) is 3.95. The lowest BCUT2D eigenvalue weighted by atomic mass is 9.96. The Morgan fingerprint density at radius 2 is 1.45 bits per heavy atom. The minimum atomic E-state index is -0.270. The molecule has 0 spiro atoms. The first-order valence-corrected chi connectivity index (χ1v) is 9.61. The van der Waals surface area contributed by atoms with Crippen LogP contribution >= 0.6 is 0 Å².